The third kappa shape index (κ3) is 3.85. The molecule has 12 heteroatoms. The molecule has 0 bridgehead atoms. The molecule has 0 aliphatic carbocycles. The predicted octanol–water partition coefficient (Wildman–Crippen LogP) is 2.47. The first-order chi connectivity index (χ1) is 17.4. The van der Waals surface area contributed by atoms with Gasteiger partial charge < -0.3 is 34.9 Å². The van der Waals surface area contributed by atoms with Crippen molar-refractivity contribution in [2.75, 3.05) is 6.61 Å². The number of fused-ring (bicyclic) bond motifs is 1. The highest BCUT2D eigenvalue weighted by Gasteiger charge is 2.32. The molecule has 2 aromatic carbocycles. The van der Waals surface area contributed by atoms with Crippen LogP contribution in [0.25, 0.3) is 28.1 Å². The van der Waals surface area contributed by atoms with E-state index >= 15 is 0 Å². The molecule has 0 saturated heterocycles. The highest BCUT2D eigenvalue weighted by molar-refractivity contribution is 5.77. The summed E-state index contributed by atoms with van der Waals surface area (Å²) >= 11 is 0. The summed E-state index contributed by atoms with van der Waals surface area (Å²) in [5, 5.41) is 52.3. The van der Waals surface area contributed by atoms with Crippen LogP contribution in [-0.2, 0) is 4.74 Å². The number of nitriles is 1. The van der Waals surface area contributed by atoms with Gasteiger partial charge in [-0.15, -0.1) is 0 Å². The Morgan fingerprint density at radius 2 is 1.81 bits per heavy atom. The number of hydrogen-bond acceptors (Lipinski definition) is 10. The van der Waals surface area contributed by atoms with Crippen LogP contribution in [0.15, 0.2) is 82.7 Å². The summed E-state index contributed by atoms with van der Waals surface area (Å²) in [6, 6.07) is 14.9. The zero-order valence-corrected chi connectivity index (χ0v) is 18.3. The fourth-order valence-corrected chi connectivity index (χ4v) is 3.52. The molecule has 3 heterocycles. The van der Waals surface area contributed by atoms with Gasteiger partial charge in [-0.05, 0) is 48.5 Å². The minimum atomic E-state index is -1.29. The molecule has 1 unspecified atom stereocenters. The lowest BCUT2D eigenvalue weighted by Gasteiger charge is -2.23. The van der Waals surface area contributed by atoms with Gasteiger partial charge in [0.15, 0.2) is 17.5 Å². The molecule has 180 valence electrons. The van der Waals surface area contributed by atoms with E-state index in [2.05, 4.69) is 15.1 Å². The summed E-state index contributed by atoms with van der Waals surface area (Å²) in [6.07, 6.45) is 0.114. The quantitative estimate of drug-likeness (QED) is 0.280. The average Bonchev–Trinajstić information content (AvgIpc) is 3.34. The molecule has 0 saturated carbocycles. The molecule has 0 fully saturated rings. The second-order valence-electron chi connectivity index (χ2n) is 7.65. The van der Waals surface area contributed by atoms with Crippen LogP contribution in [-0.4, -0.2) is 52.9 Å². The van der Waals surface area contributed by atoms with Crippen molar-refractivity contribution in [1.29, 1.82) is 5.26 Å². The minimum absolute atomic E-state index is 0.192. The van der Waals surface area contributed by atoms with Gasteiger partial charge in [0.05, 0.1) is 30.1 Å². The molecule has 1 aliphatic heterocycles. The van der Waals surface area contributed by atoms with Crippen LogP contribution in [0.3, 0.4) is 0 Å². The number of aromatic amines is 1. The maximum Gasteiger partial charge on any atom is 0.333 e. The molecule has 2 aromatic heterocycles. The third-order valence-corrected chi connectivity index (χ3v) is 5.40. The van der Waals surface area contributed by atoms with Gasteiger partial charge in [0, 0.05) is 5.56 Å². The van der Waals surface area contributed by atoms with Crippen LogP contribution in [0.5, 0.6) is 5.75 Å². The zero-order valence-electron chi connectivity index (χ0n) is 18.3. The van der Waals surface area contributed by atoms with Crippen LogP contribution in [0.2, 0.25) is 0 Å². The Kier molecular flexibility index (Phi) is 5.51. The Bertz CT molecular complexity index is 1630. The number of nitrogens with one attached hydrogen (secondary N) is 1. The largest absolute Gasteiger partial charge is 0.505 e. The van der Waals surface area contributed by atoms with Gasteiger partial charge in [0.25, 0.3) is 5.56 Å². The SMILES string of the molecule is N#Cc1ccc(-n2ncc3c(=O)[nH]c(-c4ccc(OC5=C(O)C(O)=C(O)C(CO)O5)cc4)nc32)cc1. The van der Waals surface area contributed by atoms with Crippen molar-refractivity contribution in [3.8, 4) is 28.9 Å². The molecule has 0 amide bonds. The van der Waals surface area contributed by atoms with Crippen LogP contribution in [0.4, 0.5) is 0 Å². The van der Waals surface area contributed by atoms with Crippen molar-refractivity contribution in [3.63, 3.8) is 0 Å². The molecule has 0 radical (unpaired) electrons. The maximum atomic E-state index is 12.7. The van der Waals surface area contributed by atoms with Crippen LogP contribution in [0, 0.1) is 11.3 Å². The highest BCUT2D eigenvalue weighted by atomic mass is 16.7. The van der Waals surface area contributed by atoms with Crippen LogP contribution < -0.4 is 10.3 Å². The van der Waals surface area contributed by atoms with E-state index in [0.29, 0.717) is 22.5 Å². The topological polar surface area (TPSA) is 187 Å². The number of H-pyrrole nitrogens is 1. The Morgan fingerprint density at radius 1 is 1.08 bits per heavy atom. The number of nitrogens with zero attached hydrogens (tertiary/aromatic N) is 4. The van der Waals surface area contributed by atoms with E-state index in [0.717, 1.165) is 0 Å². The summed E-state index contributed by atoms with van der Waals surface area (Å²) in [6.45, 7) is -0.657. The van der Waals surface area contributed by atoms with Gasteiger partial charge in [0.1, 0.15) is 17.0 Å². The Morgan fingerprint density at radius 3 is 2.47 bits per heavy atom. The normalized spacial score (nSPS) is 15.6. The van der Waals surface area contributed by atoms with Gasteiger partial charge in [-0.25, -0.2) is 9.67 Å². The number of aliphatic hydroxyl groups excluding tert-OH is 4. The molecular formula is C24H17N5O7. The van der Waals surface area contributed by atoms with Crippen molar-refractivity contribution in [2.45, 2.75) is 6.10 Å². The number of rotatable bonds is 5. The fourth-order valence-electron chi connectivity index (χ4n) is 3.52. The number of hydrogen-bond donors (Lipinski definition) is 5. The lowest BCUT2D eigenvalue weighted by Crippen LogP contribution is -2.28. The van der Waals surface area contributed by atoms with Crippen molar-refractivity contribution < 1.29 is 29.9 Å². The number of aliphatic hydroxyl groups is 4. The Labute approximate surface area is 201 Å². The lowest BCUT2D eigenvalue weighted by atomic mass is 10.2. The molecule has 4 aromatic rings. The summed E-state index contributed by atoms with van der Waals surface area (Å²) in [5.74, 6) is -2.46. The van der Waals surface area contributed by atoms with Crippen LogP contribution >= 0.6 is 0 Å². The molecular weight excluding hydrogens is 470 g/mol. The number of aromatic nitrogens is 4. The van der Waals surface area contributed by atoms with Gasteiger partial charge in [-0.2, -0.15) is 10.4 Å². The molecule has 5 rings (SSSR count). The Hall–Kier alpha value is -5.28. The molecule has 0 spiro atoms. The number of ether oxygens (including phenoxy) is 2. The molecule has 1 aliphatic rings. The summed E-state index contributed by atoms with van der Waals surface area (Å²) in [4.78, 5) is 19.9. The second-order valence-corrected chi connectivity index (χ2v) is 7.65. The maximum absolute atomic E-state index is 12.7. The third-order valence-electron chi connectivity index (χ3n) is 5.40. The summed E-state index contributed by atoms with van der Waals surface area (Å²) < 4.78 is 12.1. The molecule has 36 heavy (non-hydrogen) atoms. The molecule has 5 N–H and O–H groups in total. The van der Waals surface area contributed by atoms with Gasteiger partial charge in [-0.1, -0.05) is 0 Å². The fraction of sp³-hybridized carbons (Fsp3) is 0.0833. The van der Waals surface area contributed by atoms with Crippen molar-refractivity contribution in [3.05, 3.63) is 93.9 Å². The number of benzene rings is 2. The van der Waals surface area contributed by atoms with E-state index in [-0.39, 0.29) is 17.0 Å². The summed E-state index contributed by atoms with van der Waals surface area (Å²) in [7, 11) is 0. The van der Waals surface area contributed by atoms with Crippen molar-refractivity contribution in [2.24, 2.45) is 0 Å². The zero-order chi connectivity index (χ0) is 25.4. The second kappa shape index (κ2) is 8.82. The van der Waals surface area contributed by atoms with E-state index in [4.69, 9.17) is 14.7 Å². The summed E-state index contributed by atoms with van der Waals surface area (Å²) in [5.41, 5.74) is 1.58. The van der Waals surface area contributed by atoms with Gasteiger partial charge in [-0.3, -0.25) is 4.79 Å². The van der Waals surface area contributed by atoms with E-state index < -0.39 is 41.5 Å². The van der Waals surface area contributed by atoms with E-state index in [9.17, 15) is 25.2 Å². The van der Waals surface area contributed by atoms with Crippen LogP contribution in [0.1, 0.15) is 5.56 Å². The van der Waals surface area contributed by atoms with Crippen molar-refractivity contribution >= 4 is 11.0 Å². The first-order valence-electron chi connectivity index (χ1n) is 10.5. The smallest absolute Gasteiger partial charge is 0.333 e. The molecule has 1 atom stereocenters. The van der Waals surface area contributed by atoms with E-state index in [1.165, 1.54) is 23.0 Å². The minimum Gasteiger partial charge on any atom is -0.505 e. The highest BCUT2D eigenvalue weighted by Crippen LogP contribution is 2.28. The average molecular weight is 487 g/mol. The lowest BCUT2D eigenvalue weighted by molar-refractivity contribution is -0.0174. The van der Waals surface area contributed by atoms with E-state index in [1.807, 2.05) is 6.07 Å². The predicted molar refractivity (Wildman–Crippen MR) is 124 cm³/mol. The molecule has 12 nitrogen and oxygen atoms in total. The first kappa shape index (κ1) is 22.5. The van der Waals surface area contributed by atoms with Gasteiger partial charge in [0.2, 0.25) is 11.5 Å². The monoisotopic (exact) mass is 487 g/mol. The van der Waals surface area contributed by atoms with Crippen molar-refractivity contribution in [1.82, 2.24) is 19.7 Å². The standard InChI is InChI=1S/C24H17N5O7/c25-9-12-1-5-14(6-2-12)29-22-16(10-26-29)23(34)28-21(27-22)13-3-7-15(8-4-13)35-24-20(33)19(32)18(31)17(11-30)36-24/h1-8,10,17,30-33H,11H2,(H,27,28,34). The van der Waals surface area contributed by atoms with Gasteiger partial charge >= 0.3 is 5.95 Å². The Balaban J connectivity index is 1.46. The first-order valence-corrected chi connectivity index (χ1v) is 10.5. The van der Waals surface area contributed by atoms with E-state index in [1.54, 1.807) is 36.4 Å².